The molecule has 0 spiro atoms. The Morgan fingerprint density at radius 2 is 1.58 bits per heavy atom. The van der Waals surface area contributed by atoms with Crippen molar-refractivity contribution in [3.63, 3.8) is 0 Å². The predicted octanol–water partition coefficient (Wildman–Crippen LogP) is 9.46. The fourth-order valence-electron chi connectivity index (χ4n) is 13.8. The number of hydrogen-bond donors (Lipinski definition) is 2. The van der Waals surface area contributed by atoms with Gasteiger partial charge in [-0.15, -0.1) is 0 Å². The third-order valence-corrected chi connectivity index (χ3v) is 17.4. The van der Waals surface area contributed by atoms with Crippen LogP contribution in [0, 0.1) is 56.2 Å². The Bertz CT molecular complexity index is 1740. The van der Waals surface area contributed by atoms with Crippen molar-refractivity contribution in [3.8, 4) is 0 Å². The number of carbonyl (C=O) groups is 3. The van der Waals surface area contributed by atoms with E-state index in [0.717, 1.165) is 75.6 Å². The number of aliphatic hydroxyl groups is 1. The lowest BCUT2D eigenvalue weighted by Gasteiger charge is -2.72. The molecule has 57 heavy (non-hydrogen) atoms. The second-order valence-electron chi connectivity index (χ2n) is 21.7. The van der Waals surface area contributed by atoms with Crippen molar-refractivity contribution < 1.29 is 29.3 Å². The van der Waals surface area contributed by atoms with Crippen LogP contribution in [0.3, 0.4) is 0 Å². The van der Waals surface area contributed by atoms with Crippen molar-refractivity contribution in [2.24, 2.45) is 56.2 Å². The molecule has 0 aromatic heterocycles. The second-order valence-corrected chi connectivity index (χ2v) is 22.2. The predicted molar refractivity (Wildman–Crippen MR) is 227 cm³/mol. The molecule has 0 bridgehead atoms. The third-order valence-electron chi connectivity index (χ3n) is 17.1. The highest BCUT2D eigenvalue weighted by atomic mass is 35.5. The number of fused-ring (bicyclic) bond motifs is 7. The van der Waals surface area contributed by atoms with Crippen LogP contribution >= 0.6 is 11.6 Å². The van der Waals surface area contributed by atoms with Crippen LogP contribution < -0.4 is 0 Å². The highest BCUT2D eigenvalue weighted by molar-refractivity contribution is 6.30. The second kappa shape index (κ2) is 15.6. The summed E-state index contributed by atoms with van der Waals surface area (Å²) in [7, 11) is 4.17. The van der Waals surface area contributed by atoms with Gasteiger partial charge in [0.1, 0.15) is 6.10 Å². The molecule has 0 radical (unpaired) electrons. The molecule has 1 aromatic rings. The smallest absolute Gasteiger partial charge is 0.309 e. The van der Waals surface area contributed by atoms with Crippen molar-refractivity contribution in [2.75, 3.05) is 33.7 Å². The molecule has 3 unspecified atom stereocenters. The van der Waals surface area contributed by atoms with E-state index in [1.165, 1.54) is 5.57 Å². The van der Waals surface area contributed by atoms with Crippen LogP contribution in [-0.4, -0.2) is 83.7 Å². The van der Waals surface area contributed by atoms with Gasteiger partial charge in [0.2, 0.25) is 0 Å². The van der Waals surface area contributed by atoms with E-state index in [0.29, 0.717) is 36.4 Å². The molecule has 318 valence electrons. The number of aliphatic carboxylic acids is 1. The molecular formula is C48H73ClN2O6. The van der Waals surface area contributed by atoms with Crippen molar-refractivity contribution in [2.45, 2.75) is 145 Å². The summed E-state index contributed by atoms with van der Waals surface area (Å²) in [5.41, 5.74) is 1.54. The minimum atomic E-state index is -1.17. The largest absolute Gasteiger partial charge is 0.481 e. The molecule has 0 amide bonds. The van der Waals surface area contributed by atoms with E-state index < -0.39 is 28.9 Å². The molecular weight excluding hydrogens is 736 g/mol. The lowest BCUT2D eigenvalue weighted by Crippen LogP contribution is -2.66. The fourth-order valence-corrected chi connectivity index (χ4v) is 13.9. The molecule has 4 fully saturated rings. The number of aliphatic hydroxyl groups excluding tert-OH is 1. The van der Waals surface area contributed by atoms with E-state index in [4.69, 9.17) is 16.3 Å². The van der Waals surface area contributed by atoms with E-state index in [-0.39, 0.29) is 51.8 Å². The minimum Gasteiger partial charge on any atom is -0.481 e. The highest BCUT2D eigenvalue weighted by Crippen LogP contribution is 2.77. The molecule has 1 aromatic carbocycles. The van der Waals surface area contributed by atoms with Gasteiger partial charge in [-0.1, -0.05) is 77.8 Å². The van der Waals surface area contributed by atoms with Gasteiger partial charge in [0.25, 0.3) is 0 Å². The number of ketones is 1. The quantitative estimate of drug-likeness (QED) is 0.190. The van der Waals surface area contributed by atoms with Crippen LogP contribution in [0.25, 0.3) is 0 Å². The van der Waals surface area contributed by atoms with Gasteiger partial charge in [-0.3, -0.25) is 19.3 Å². The zero-order valence-electron chi connectivity index (χ0n) is 37.0. The molecule has 6 rings (SSSR count). The number of nitrogens with zero attached hydrogens (tertiary/aromatic N) is 2. The van der Waals surface area contributed by atoms with Gasteiger partial charge in [-0.25, -0.2) is 0 Å². The Labute approximate surface area is 348 Å². The summed E-state index contributed by atoms with van der Waals surface area (Å²) in [5, 5.41) is 23.0. The summed E-state index contributed by atoms with van der Waals surface area (Å²) in [5.74, 6) is 0.00261. The van der Waals surface area contributed by atoms with E-state index >= 15 is 0 Å². The van der Waals surface area contributed by atoms with Crippen LogP contribution in [0.2, 0.25) is 5.02 Å². The van der Waals surface area contributed by atoms with Crippen molar-refractivity contribution >= 4 is 29.3 Å². The number of halogens is 1. The van der Waals surface area contributed by atoms with E-state index in [1.807, 2.05) is 12.1 Å². The lowest BCUT2D eigenvalue weighted by atomic mass is 9.33. The Balaban J connectivity index is 1.29. The third kappa shape index (κ3) is 7.58. The van der Waals surface area contributed by atoms with Crippen LogP contribution in [-0.2, 0) is 25.7 Å². The summed E-state index contributed by atoms with van der Waals surface area (Å²) in [6.45, 7) is 22.6. The lowest BCUT2D eigenvalue weighted by molar-refractivity contribution is -0.235. The first kappa shape index (κ1) is 44.3. The zero-order valence-corrected chi connectivity index (χ0v) is 37.7. The van der Waals surface area contributed by atoms with Crippen LogP contribution in [0.4, 0.5) is 0 Å². The summed E-state index contributed by atoms with van der Waals surface area (Å²) in [4.78, 5) is 43.8. The van der Waals surface area contributed by atoms with Crippen LogP contribution in [0.1, 0.15) is 132 Å². The normalized spacial score (nSPS) is 35.5. The number of likely N-dealkylation sites (N-methyl/N-ethyl adjacent to an activating group) is 1. The number of Topliss-reactive ketones (excluding diaryl/α,β-unsaturated/α-hetero) is 1. The van der Waals surface area contributed by atoms with Crippen molar-refractivity contribution in [3.05, 3.63) is 46.0 Å². The van der Waals surface area contributed by atoms with Gasteiger partial charge in [0, 0.05) is 48.5 Å². The molecule has 4 saturated carbocycles. The molecule has 8 nitrogen and oxygen atoms in total. The average Bonchev–Trinajstić information content (AvgIpc) is 3.42. The average molecular weight is 810 g/mol. The first-order valence-corrected chi connectivity index (χ1v) is 22.3. The van der Waals surface area contributed by atoms with Crippen LogP contribution in [0.15, 0.2) is 35.4 Å². The SMILES string of the molecule is CC(C)C1=C2[C@H]3CC[C@@H]4[C@@]5(C)CC[C@H](OC(=O)CC(C)(C)C(=O)O)C(C)(C)C5CC[C@@]4(C)[C@]3(C)CCC2(C(O)CN(CCN(C)C)Cc2ccc(Cl)cc2)CC1=O. The Hall–Kier alpha value is -2.26. The first-order valence-electron chi connectivity index (χ1n) is 21.9. The van der Waals surface area contributed by atoms with Crippen molar-refractivity contribution in [1.29, 1.82) is 0 Å². The number of ether oxygens (including phenoxy) is 1. The van der Waals surface area contributed by atoms with E-state index in [9.17, 15) is 24.6 Å². The number of esters is 1. The number of carboxylic acid groups (broad SMARTS) is 1. The number of benzene rings is 1. The van der Waals surface area contributed by atoms with Gasteiger partial charge in [0.05, 0.1) is 17.9 Å². The van der Waals surface area contributed by atoms with Gasteiger partial charge in [-0.2, -0.15) is 0 Å². The number of hydrogen-bond acceptors (Lipinski definition) is 7. The highest BCUT2D eigenvalue weighted by Gasteiger charge is 2.71. The van der Waals surface area contributed by atoms with Crippen LogP contribution in [0.5, 0.6) is 0 Å². The maximum atomic E-state index is 14.3. The van der Waals surface area contributed by atoms with Crippen molar-refractivity contribution in [1.82, 2.24) is 9.80 Å². The summed E-state index contributed by atoms with van der Waals surface area (Å²) in [6, 6.07) is 8.00. The summed E-state index contributed by atoms with van der Waals surface area (Å²) in [6.07, 6.45) is 7.13. The molecule has 0 aliphatic heterocycles. The van der Waals surface area contributed by atoms with Gasteiger partial charge in [0.15, 0.2) is 5.78 Å². The Kier molecular flexibility index (Phi) is 12.2. The van der Waals surface area contributed by atoms with Gasteiger partial charge >= 0.3 is 11.9 Å². The Morgan fingerprint density at radius 3 is 2.19 bits per heavy atom. The fraction of sp³-hybridized carbons (Fsp3) is 0.771. The number of carbonyl (C=O) groups excluding carboxylic acids is 2. The molecule has 9 heteroatoms. The summed E-state index contributed by atoms with van der Waals surface area (Å²) >= 11 is 6.24. The Morgan fingerprint density at radius 1 is 0.912 bits per heavy atom. The monoisotopic (exact) mass is 809 g/mol. The number of allylic oxidation sites excluding steroid dienone is 1. The summed E-state index contributed by atoms with van der Waals surface area (Å²) < 4.78 is 6.20. The topological polar surface area (TPSA) is 107 Å². The number of carboxylic acids is 1. The van der Waals surface area contributed by atoms with Gasteiger partial charge in [-0.05, 0) is 142 Å². The standard InChI is InChI=1S/C48H73ClN2O6/c1-30(2)40-34(52)26-48(37(53)29-51(25-24-50(10)11)28-31-12-14-32(49)15-13-31)23-22-46(8)33(41(40)48)16-17-36-45(7)20-19-38(57-39(54)27-43(3,4)42(55)56)44(5,6)35(45)18-21-47(36,46)9/h12-15,30,33,35-38,53H,16-29H2,1-11H3,(H,55,56)/t33-,35?,36-,37?,38+,45+,46-,47-,48?/m1/s1. The molecule has 0 heterocycles. The maximum Gasteiger partial charge on any atom is 0.309 e. The molecule has 0 saturated heterocycles. The molecule has 9 atom stereocenters. The number of rotatable bonds is 13. The minimum absolute atomic E-state index is 0.0308. The molecule has 5 aliphatic rings. The van der Waals surface area contributed by atoms with Gasteiger partial charge < -0.3 is 19.8 Å². The molecule has 5 aliphatic carbocycles. The van der Waals surface area contributed by atoms with E-state index in [2.05, 4.69) is 84.5 Å². The maximum absolute atomic E-state index is 14.3. The molecule has 2 N–H and O–H groups in total. The first-order chi connectivity index (χ1) is 26.4. The zero-order chi connectivity index (χ0) is 42.1. The van der Waals surface area contributed by atoms with E-state index in [1.54, 1.807) is 13.8 Å².